The van der Waals surface area contributed by atoms with Crippen LogP contribution in [-0.2, 0) is 11.2 Å². The van der Waals surface area contributed by atoms with Crippen LogP contribution in [-0.4, -0.2) is 37.4 Å². The van der Waals surface area contributed by atoms with Gasteiger partial charge in [0.25, 0.3) is 11.8 Å². The van der Waals surface area contributed by atoms with Crippen molar-refractivity contribution >= 4 is 28.8 Å². The number of nitrogens with zero attached hydrogens (tertiary/aromatic N) is 1. The molecule has 1 heterocycles. The van der Waals surface area contributed by atoms with E-state index in [4.69, 9.17) is 0 Å². The molecule has 0 saturated heterocycles. The number of rotatable bonds is 8. The zero-order valence-corrected chi connectivity index (χ0v) is 18.4. The third-order valence-corrected chi connectivity index (χ3v) is 5.91. The predicted molar refractivity (Wildman–Crippen MR) is 122 cm³/mol. The lowest BCUT2D eigenvalue weighted by molar-refractivity contribution is -0.675. The number of nitrogens with one attached hydrogen (secondary N) is 1. The minimum Gasteiger partial charge on any atom is -0.345 e. The molecule has 3 rings (SSSR count). The molecule has 30 heavy (non-hydrogen) atoms. The second kappa shape index (κ2) is 10.2. The van der Waals surface area contributed by atoms with Crippen molar-refractivity contribution in [3.63, 3.8) is 0 Å². The van der Waals surface area contributed by atoms with Crippen LogP contribution in [0.5, 0.6) is 0 Å². The Morgan fingerprint density at radius 1 is 1.03 bits per heavy atom. The maximum Gasteiger partial charge on any atom is 0.279 e. The fourth-order valence-electron chi connectivity index (χ4n) is 3.24. The summed E-state index contributed by atoms with van der Waals surface area (Å²) in [7, 11) is 3.43. The zero-order chi connectivity index (χ0) is 21.5. The monoisotopic (exact) mass is 422 g/mol. The zero-order valence-electron chi connectivity index (χ0n) is 17.6. The van der Waals surface area contributed by atoms with E-state index < -0.39 is 0 Å². The molecule has 0 aliphatic carbocycles. The summed E-state index contributed by atoms with van der Waals surface area (Å²) in [6, 6.07) is 19.8. The molecular formula is C24H28N3O2S+. The van der Waals surface area contributed by atoms with Crippen LogP contribution in [0.4, 0.5) is 5.69 Å². The summed E-state index contributed by atoms with van der Waals surface area (Å²) in [4.78, 5) is 27.3. The van der Waals surface area contributed by atoms with Crippen molar-refractivity contribution in [2.75, 3.05) is 26.0 Å². The van der Waals surface area contributed by atoms with Gasteiger partial charge < -0.3 is 15.5 Å². The van der Waals surface area contributed by atoms with Crippen LogP contribution in [0.15, 0.2) is 66.0 Å². The van der Waals surface area contributed by atoms with Gasteiger partial charge in [-0.3, -0.25) is 9.59 Å². The molecule has 0 radical (unpaired) electrons. The maximum absolute atomic E-state index is 12.5. The minimum absolute atomic E-state index is 0.0610. The summed E-state index contributed by atoms with van der Waals surface area (Å²) in [5, 5.41) is 7.04. The van der Waals surface area contributed by atoms with Crippen LogP contribution in [0.1, 0.15) is 39.3 Å². The molecule has 0 bridgehead atoms. The van der Waals surface area contributed by atoms with Crippen LogP contribution in [0.25, 0.3) is 0 Å². The first-order chi connectivity index (χ1) is 14.5. The molecule has 6 heteroatoms. The van der Waals surface area contributed by atoms with Crippen LogP contribution < -0.4 is 10.6 Å². The molecule has 0 aliphatic heterocycles. The van der Waals surface area contributed by atoms with Gasteiger partial charge in [-0.25, -0.2) is 0 Å². The molecular weight excluding hydrogens is 394 g/mol. The number of carbonyl (C=O) groups is 2. The maximum atomic E-state index is 12.5. The number of hydrogen-bond acceptors (Lipinski definition) is 3. The fraction of sp³-hybridized carbons (Fsp3) is 0.250. The van der Waals surface area contributed by atoms with E-state index in [9.17, 15) is 9.59 Å². The second-order valence-electron chi connectivity index (χ2n) is 7.35. The molecule has 0 aliphatic rings. The van der Waals surface area contributed by atoms with Crippen molar-refractivity contribution in [1.29, 1.82) is 0 Å². The molecule has 1 aromatic heterocycles. The van der Waals surface area contributed by atoms with Gasteiger partial charge in [0.05, 0.1) is 4.88 Å². The van der Waals surface area contributed by atoms with Crippen LogP contribution in [0.3, 0.4) is 0 Å². The quantitative estimate of drug-likeness (QED) is 0.585. The second-order valence-corrected chi connectivity index (χ2v) is 8.33. The largest absolute Gasteiger partial charge is 0.345 e. The van der Waals surface area contributed by atoms with Gasteiger partial charge in [0.1, 0.15) is 6.04 Å². The Hall–Kier alpha value is -2.96. The first-order valence-electron chi connectivity index (χ1n) is 10.0. The van der Waals surface area contributed by atoms with Crippen molar-refractivity contribution in [2.24, 2.45) is 0 Å². The van der Waals surface area contributed by atoms with Gasteiger partial charge in [-0.2, -0.15) is 0 Å². The Bertz CT molecular complexity index is 965. The fourth-order valence-corrected chi connectivity index (χ4v) is 4.09. The van der Waals surface area contributed by atoms with E-state index in [0.717, 1.165) is 6.42 Å². The third-order valence-electron chi connectivity index (χ3n) is 4.96. The average Bonchev–Trinajstić information content (AvgIpc) is 3.29. The molecule has 156 valence electrons. The summed E-state index contributed by atoms with van der Waals surface area (Å²) in [6.45, 7) is 2.45. The van der Waals surface area contributed by atoms with Crippen LogP contribution >= 0.6 is 11.3 Å². The van der Waals surface area contributed by atoms with Gasteiger partial charge in [-0.15, -0.1) is 11.3 Å². The van der Waals surface area contributed by atoms with E-state index in [2.05, 4.69) is 53.3 Å². The highest BCUT2D eigenvalue weighted by atomic mass is 32.1. The molecule has 0 spiro atoms. The van der Waals surface area contributed by atoms with Gasteiger partial charge in [0, 0.05) is 30.9 Å². The van der Waals surface area contributed by atoms with E-state index in [-0.39, 0.29) is 17.9 Å². The van der Waals surface area contributed by atoms with Gasteiger partial charge in [0.15, 0.2) is 6.54 Å². The number of amides is 2. The van der Waals surface area contributed by atoms with E-state index in [0.29, 0.717) is 17.8 Å². The number of quaternary nitrogens is 1. The number of hydrogen-bond donors (Lipinski definition) is 2. The van der Waals surface area contributed by atoms with E-state index in [1.54, 1.807) is 49.7 Å². The molecule has 3 aromatic rings. The lowest BCUT2D eigenvalue weighted by Crippen LogP contribution is -2.87. The number of benzene rings is 2. The lowest BCUT2D eigenvalue weighted by Gasteiger charge is -2.15. The first kappa shape index (κ1) is 21.7. The SMILES string of the molecule is CCc1ccc([C@H]([NH2+]CC(=O)Nc2ccc(C(=O)N(C)C)cc2)c2cccs2)cc1. The standard InChI is InChI=1S/C24H27N3O2S/c1-4-17-7-9-18(10-8-17)23(21-6-5-15-30-21)25-16-22(28)26-20-13-11-19(12-14-20)24(29)27(2)3/h5-15,23,25H,4,16H2,1-3H3,(H,26,28)/p+1/t23-/m0/s1. The van der Waals surface area contributed by atoms with Gasteiger partial charge in [-0.1, -0.05) is 37.3 Å². The number of aryl methyl sites for hydroxylation is 1. The Morgan fingerprint density at radius 3 is 2.30 bits per heavy atom. The Kier molecular flexibility index (Phi) is 7.38. The Balaban J connectivity index is 1.63. The van der Waals surface area contributed by atoms with Crippen molar-refractivity contribution in [1.82, 2.24) is 4.90 Å². The van der Waals surface area contributed by atoms with E-state index in [1.807, 2.05) is 6.07 Å². The number of carbonyl (C=O) groups excluding carboxylic acids is 2. The van der Waals surface area contributed by atoms with Crippen molar-refractivity contribution < 1.29 is 14.9 Å². The van der Waals surface area contributed by atoms with Crippen molar-refractivity contribution in [3.8, 4) is 0 Å². The average molecular weight is 423 g/mol. The van der Waals surface area contributed by atoms with Crippen LogP contribution in [0, 0.1) is 0 Å². The molecule has 3 N–H and O–H groups in total. The molecule has 5 nitrogen and oxygen atoms in total. The minimum atomic E-state index is -0.0755. The lowest BCUT2D eigenvalue weighted by atomic mass is 10.0. The van der Waals surface area contributed by atoms with Crippen molar-refractivity contribution in [2.45, 2.75) is 19.4 Å². The summed E-state index contributed by atoms with van der Waals surface area (Å²) in [6.07, 6.45) is 1.01. The molecule has 1 atom stereocenters. The topological polar surface area (TPSA) is 66.0 Å². The van der Waals surface area contributed by atoms with E-state index >= 15 is 0 Å². The third kappa shape index (κ3) is 5.55. The summed E-state index contributed by atoms with van der Waals surface area (Å²) < 4.78 is 0. The highest BCUT2D eigenvalue weighted by molar-refractivity contribution is 7.10. The molecule has 2 aromatic carbocycles. The number of nitrogens with two attached hydrogens (primary N) is 1. The first-order valence-corrected chi connectivity index (χ1v) is 10.9. The molecule has 2 amide bonds. The summed E-state index contributed by atoms with van der Waals surface area (Å²) in [5.41, 5.74) is 3.77. The van der Waals surface area contributed by atoms with E-state index in [1.165, 1.54) is 20.9 Å². The highest BCUT2D eigenvalue weighted by Gasteiger charge is 2.20. The summed E-state index contributed by atoms with van der Waals surface area (Å²) in [5.74, 6) is -0.137. The van der Waals surface area contributed by atoms with Crippen LogP contribution in [0.2, 0.25) is 0 Å². The molecule has 0 unspecified atom stereocenters. The predicted octanol–water partition coefficient (Wildman–Crippen LogP) is 3.30. The summed E-state index contributed by atoms with van der Waals surface area (Å²) >= 11 is 1.70. The van der Waals surface area contributed by atoms with Gasteiger partial charge in [-0.05, 0) is 47.7 Å². The highest BCUT2D eigenvalue weighted by Crippen LogP contribution is 2.23. The van der Waals surface area contributed by atoms with Crippen molar-refractivity contribution in [3.05, 3.63) is 87.6 Å². The number of anilines is 1. The van der Waals surface area contributed by atoms with Gasteiger partial charge >= 0.3 is 0 Å². The number of thiophene rings is 1. The Labute approximate surface area is 181 Å². The molecule has 0 fully saturated rings. The smallest absolute Gasteiger partial charge is 0.279 e. The molecule has 0 saturated carbocycles. The normalized spacial score (nSPS) is 11.7. The van der Waals surface area contributed by atoms with Gasteiger partial charge in [0.2, 0.25) is 0 Å². The Morgan fingerprint density at radius 2 is 1.73 bits per heavy atom.